The minimum absolute atomic E-state index is 0.132. The molecule has 1 aromatic carbocycles. The normalized spacial score (nSPS) is 15.8. The van der Waals surface area contributed by atoms with Gasteiger partial charge in [0.2, 0.25) is 5.78 Å². The molecular formula is C17H18O4. The third-order valence-corrected chi connectivity index (χ3v) is 3.73. The first-order valence-corrected chi connectivity index (χ1v) is 7.05. The van der Waals surface area contributed by atoms with Crippen molar-refractivity contribution < 1.29 is 19.1 Å². The summed E-state index contributed by atoms with van der Waals surface area (Å²) in [7, 11) is 0. The lowest BCUT2D eigenvalue weighted by molar-refractivity contribution is -0.140. The van der Waals surface area contributed by atoms with E-state index in [0.29, 0.717) is 11.1 Å². The number of hydrogen-bond acceptors (Lipinski definition) is 4. The van der Waals surface area contributed by atoms with Crippen molar-refractivity contribution in [2.45, 2.75) is 33.6 Å². The van der Waals surface area contributed by atoms with Gasteiger partial charge in [-0.2, -0.15) is 0 Å². The van der Waals surface area contributed by atoms with E-state index < -0.39 is 11.8 Å². The first-order valence-electron chi connectivity index (χ1n) is 7.05. The van der Waals surface area contributed by atoms with Crippen LogP contribution in [0.5, 0.6) is 0 Å². The van der Waals surface area contributed by atoms with Crippen LogP contribution in [0.3, 0.4) is 0 Å². The minimum atomic E-state index is -0.473. The number of carbonyl (C=O) groups is 3. The molecule has 1 aliphatic rings. The van der Waals surface area contributed by atoms with Crippen molar-refractivity contribution in [1.82, 2.24) is 0 Å². The number of fused-ring (bicyclic) bond motifs is 1. The topological polar surface area (TPSA) is 60.4 Å². The second-order valence-corrected chi connectivity index (χ2v) is 5.35. The van der Waals surface area contributed by atoms with Crippen LogP contribution >= 0.6 is 0 Å². The van der Waals surface area contributed by atoms with Crippen LogP contribution in [0.25, 0.3) is 0 Å². The molecule has 0 saturated heterocycles. The first-order chi connectivity index (χ1) is 9.95. The molecule has 0 bridgehead atoms. The Balaban J connectivity index is 2.28. The van der Waals surface area contributed by atoms with Crippen LogP contribution in [-0.2, 0) is 9.53 Å². The zero-order valence-electron chi connectivity index (χ0n) is 12.4. The lowest BCUT2D eigenvalue weighted by atomic mass is 9.89. The average molecular weight is 286 g/mol. The van der Waals surface area contributed by atoms with Crippen LogP contribution < -0.4 is 0 Å². The fraction of sp³-hybridized carbons (Fsp3) is 0.353. The van der Waals surface area contributed by atoms with E-state index in [0.717, 1.165) is 6.42 Å². The van der Waals surface area contributed by atoms with Gasteiger partial charge in [-0.25, -0.2) is 0 Å². The fourth-order valence-corrected chi connectivity index (χ4v) is 2.18. The van der Waals surface area contributed by atoms with Crippen molar-refractivity contribution in [2.75, 3.05) is 0 Å². The van der Waals surface area contributed by atoms with Gasteiger partial charge in [-0.05, 0) is 12.8 Å². The Hall–Kier alpha value is -2.23. The van der Waals surface area contributed by atoms with E-state index in [2.05, 4.69) is 0 Å². The van der Waals surface area contributed by atoms with Crippen LogP contribution in [0.1, 0.15) is 54.3 Å². The maximum Gasteiger partial charge on any atom is 0.311 e. The van der Waals surface area contributed by atoms with Gasteiger partial charge in [-0.15, -0.1) is 0 Å². The number of carbonyl (C=O) groups excluding carboxylic acids is 3. The van der Waals surface area contributed by atoms with Crippen molar-refractivity contribution in [3.8, 4) is 0 Å². The molecular weight excluding hydrogens is 268 g/mol. The van der Waals surface area contributed by atoms with Crippen molar-refractivity contribution in [3.63, 3.8) is 0 Å². The van der Waals surface area contributed by atoms with Gasteiger partial charge in [0, 0.05) is 23.1 Å². The van der Waals surface area contributed by atoms with E-state index in [1.807, 2.05) is 13.8 Å². The Morgan fingerprint density at radius 3 is 2.29 bits per heavy atom. The van der Waals surface area contributed by atoms with Crippen molar-refractivity contribution in [2.24, 2.45) is 5.92 Å². The summed E-state index contributed by atoms with van der Waals surface area (Å²) >= 11 is 0. The number of benzene rings is 1. The average Bonchev–Trinajstić information content (AvgIpc) is 2.49. The molecule has 2 rings (SSSR count). The third-order valence-electron chi connectivity index (χ3n) is 3.73. The minimum Gasteiger partial charge on any atom is -0.422 e. The molecule has 1 atom stereocenters. The Labute approximate surface area is 123 Å². The summed E-state index contributed by atoms with van der Waals surface area (Å²) in [4.78, 5) is 36.5. The molecule has 1 aromatic rings. The molecule has 110 valence electrons. The molecule has 21 heavy (non-hydrogen) atoms. The van der Waals surface area contributed by atoms with Gasteiger partial charge in [0.25, 0.3) is 0 Å². The summed E-state index contributed by atoms with van der Waals surface area (Å²) in [6, 6.07) is 6.57. The molecule has 0 amide bonds. The van der Waals surface area contributed by atoms with Gasteiger partial charge in [0.15, 0.2) is 11.5 Å². The number of allylic oxidation sites excluding steroid dienone is 2. The standard InChI is InChI=1S/C17H18O4/c1-4-10(2)9-14(18)21-17-11(3)15(19)12-7-5-6-8-13(12)16(17)20/h5-8,10H,4,9H2,1-3H3. The van der Waals surface area contributed by atoms with Gasteiger partial charge in [-0.3, -0.25) is 14.4 Å². The van der Waals surface area contributed by atoms with Gasteiger partial charge in [0.1, 0.15) is 0 Å². The monoisotopic (exact) mass is 286 g/mol. The quantitative estimate of drug-likeness (QED) is 0.797. The largest absolute Gasteiger partial charge is 0.422 e. The number of rotatable bonds is 4. The summed E-state index contributed by atoms with van der Waals surface area (Å²) in [5, 5.41) is 0. The first kappa shape index (κ1) is 15.2. The van der Waals surface area contributed by atoms with Crippen molar-refractivity contribution >= 4 is 17.5 Å². The molecule has 0 aliphatic heterocycles. The molecule has 0 spiro atoms. The second kappa shape index (κ2) is 6.04. The number of hydrogen-bond donors (Lipinski definition) is 0. The summed E-state index contributed by atoms with van der Waals surface area (Å²) in [5.74, 6) is -1.09. The smallest absolute Gasteiger partial charge is 0.311 e. The predicted molar refractivity (Wildman–Crippen MR) is 78.0 cm³/mol. The van der Waals surface area contributed by atoms with Crippen molar-refractivity contribution in [1.29, 1.82) is 0 Å². The number of ketones is 2. The van der Waals surface area contributed by atoms with E-state index in [1.165, 1.54) is 6.92 Å². The van der Waals surface area contributed by atoms with E-state index in [4.69, 9.17) is 4.74 Å². The SMILES string of the molecule is CCC(C)CC(=O)OC1=C(C)C(=O)c2ccccc2C1=O. The van der Waals surface area contributed by atoms with E-state index >= 15 is 0 Å². The molecule has 0 radical (unpaired) electrons. The summed E-state index contributed by atoms with van der Waals surface area (Å²) in [6.45, 7) is 5.43. The van der Waals surface area contributed by atoms with Crippen LogP contribution in [0.15, 0.2) is 35.6 Å². The van der Waals surface area contributed by atoms with Gasteiger partial charge < -0.3 is 4.74 Å². The third kappa shape index (κ3) is 2.94. The molecule has 4 heteroatoms. The highest BCUT2D eigenvalue weighted by atomic mass is 16.5. The van der Waals surface area contributed by atoms with Gasteiger partial charge in [0.05, 0.1) is 0 Å². The molecule has 0 fully saturated rings. The number of ether oxygens (including phenoxy) is 1. The molecule has 1 unspecified atom stereocenters. The zero-order valence-corrected chi connectivity index (χ0v) is 12.4. The number of esters is 1. The Bertz CT molecular complexity index is 640. The Morgan fingerprint density at radius 1 is 1.14 bits per heavy atom. The summed E-state index contributed by atoms with van der Waals surface area (Å²) in [6.07, 6.45) is 1.08. The van der Waals surface area contributed by atoms with Crippen LogP contribution in [0.4, 0.5) is 0 Å². The van der Waals surface area contributed by atoms with Gasteiger partial charge in [-0.1, -0.05) is 44.5 Å². The fourth-order valence-electron chi connectivity index (χ4n) is 2.18. The predicted octanol–water partition coefficient (Wildman–Crippen LogP) is 3.32. The zero-order chi connectivity index (χ0) is 15.6. The van der Waals surface area contributed by atoms with E-state index in [1.54, 1.807) is 24.3 Å². The summed E-state index contributed by atoms with van der Waals surface area (Å²) < 4.78 is 5.19. The lowest BCUT2D eigenvalue weighted by Gasteiger charge is -2.18. The molecule has 0 saturated carbocycles. The molecule has 4 nitrogen and oxygen atoms in total. The molecule has 1 aliphatic carbocycles. The highest BCUT2D eigenvalue weighted by Gasteiger charge is 2.32. The Morgan fingerprint density at radius 2 is 1.71 bits per heavy atom. The van der Waals surface area contributed by atoms with Crippen LogP contribution in [0.2, 0.25) is 0 Å². The maximum atomic E-state index is 12.4. The van der Waals surface area contributed by atoms with Gasteiger partial charge >= 0.3 is 5.97 Å². The van der Waals surface area contributed by atoms with Crippen LogP contribution in [-0.4, -0.2) is 17.5 Å². The number of Topliss-reactive ketones (excluding diaryl/α,β-unsaturated/α-hetero) is 2. The van der Waals surface area contributed by atoms with E-state index in [9.17, 15) is 14.4 Å². The van der Waals surface area contributed by atoms with Crippen molar-refractivity contribution in [3.05, 3.63) is 46.7 Å². The molecule has 0 N–H and O–H groups in total. The Kier molecular flexibility index (Phi) is 4.36. The lowest BCUT2D eigenvalue weighted by Crippen LogP contribution is -2.24. The highest BCUT2D eigenvalue weighted by Crippen LogP contribution is 2.27. The van der Waals surface area contributed by atoms with E-state index in [-0.39, 0.29) is 29.5 Å². The van der Waals surface area contributed by atoms with Crippen LogP contribution in [0, 0.1) is 5.92 Å². The summed E-state index contributed by atoms with van der Waals surface area (Å²) in [5.41, 5.74) is 0.845. The molecule has 0 aromatic heterocycles. The second-order valence-electron chi connectivity index (χ2n) is 5.35. The molecule has 0 heterocycles. The highest BCUT2D eigenvalue weighted by molar-refractivity contribution is 6.26. The maximum absolute atomic E-state index is 12.4.